The molecule has 0 spiro atoms. The van der Waals surface area contributed by atoms with Crippen LogP contribution < -0.4 is 9.73 Å². The fourth-order valence-electron chi connectivity index (χ4n) is 3.35. The third kappa shape index (κ3) is 6.34. The Kier molecular flexibility index (Phi) is 6.68. The van der Waals surface area contributed by atoms with Crippen molar-refractivity contribution in [3.8, 4) is 0 Å². The normalized spacial score (nSPS) is 18.1. The summed E-state index contributed by atoms with van der Waals surface area (Å²) in [4.78, 5) is 12.3. The minimum atomic E-state index is -3.57. The summed E-state index contributed by atoms with van der Waals surface area (Å²) in [5.41, 5.74) is 5.29. The van der Waals surface area contributed by atoms with Crippen molar-refractivity contribution in [2.75, 3.05) is 17.1 Å². The van der Waals surface area contributed by atoms with Gasteiger partial charge in [-0.2, -0.15) is 5.10 Å². The lowest BCUT2D eigenvalue weighted by molar-refractivity contribution is -0.119. The molecule has 1 aromatic carbocycles. The van der Waals surface area contributed by atoms with Gasteiger partial charge in [-0.1, -0.05) is 38.5 Å². The molecule has 150 valence electrons. The standard InChI is InChI=1S/C20H31N3O3S/c1-15-6-12-18(13-7-15)23(27(5,25)26)14-19(24)22-21-17-10-8-16(9-11-17)20(2,3)4/h6-7,12-13,16H,8-11,14H2,1-5H3,(H,22,24). The number of benzene rings is 1. The summed E-state index contributed by atoms with van der Waals surface area (Å²) in [7, 11) is -3.57. The Balaban J connectivity index is 1.98. The average molecular weight is 394 g/mol. The van der Waals surface area contributed by atoms with Crippen LogP contribution in [0.2, 0.25) is 0 Å². The van der Waals surface area contributed by atoms with Crippen molar-refractivity contribution in [1.29, 1.82) is 0 Å². The summed E-state index contributed by atoms with van der Waals surface area (Å²) in [6.07, 6.45) is 4.97. The molecule has 27 heavy (non-hydrogen) atoms. The fourth-order valence-corrected chi connectivity index (χ4v) is 4.20. The molecule has 1 saturated carbocycles. The third-order valence-corrected chi connectivity index (χ3v) is 6.28. The van der Waals surface area contributed by atoms with Gasteiger partial charge in [0.1, 0.15) is 6.54 Å². The number of hydrogen-bond donors (Lipinski definition) is 1. The van der Waals surface area contributed by atoms with Crippen LogP contribution in [0.15, 0.2) is 29.4 Å². The molecule has 6 nitrogen and oxygen atoms in total. The van der Waals surface area contributed by atoms with Gasteiger partial charge in [-0.15, -0.1) is 0 Å². The van der Waals surface area contributed by atoms with Crippen molar-refractivity contribution in [3.63, 3.8) is 0 Å². The third-order valence-electron chi connectivity index (χ3n) is 5.14. The second-order valence-corrected chi connectivity index (χ2v) is 10.4. The molecule has 0 aliphatic heterocycles. The molecule has 1 N–H and O–H groups in total. The molecular weight excluding hydrogens is 362 g/mol. The fraction of sp³-hybridized carbons (Fsp3) is 0.600. The first-order valence-corrected chi connectivity index (χ1v) is 11.2. The number of nitrogens with zero attached hydrogens (tertiary/aromatic N) is 2. The van der Waals surface area contributed by atoms with E-state index in [9.17, 15) is 13.2 Å². The lowest BCUT2D eigenvalue weighted by Crippen LogP contribution is -2.39. The van der Waals surface area contributed by atoms with Crippen molar-refractivity contribution < 1.29 is 13.2 Å². The average Bonchev–Trinajstić information content (AvgIpc) is 2.57. The van der Waals surface area contributed by atoms with Crippen molar-refractivity contribution in [2.24, 2.45) is 16.4 Å². The van der Waals surface area contributed by atoms with Crippen molar-refractivity contribution >= 4 is 27.3 Å². The van der Waals surface area contributed by atoms with Crippen molar-refractivity contribution in [1.82, 2.24) is 5.43 Å². The SMILES string of the molecule is Cc1ccc(N(CC(=O)NN=C2CCC(C(C)(C)C)CC2)S(C)(=O)=O)cc1. The Bertz CT molecular complexity index is 783. The van der Waals surface area contributed by atoms with E-state index in [0.29, 0.717) is 17.0 Å². The number of aryl methyl sites for hydroxylation is 1. The summed E-state index contributed by atoms with van der Waals surface area (Å²) < 4.78 is 25.3. The molecule has 0 radical (unpaired) electrons. The van der Waals surface area contributed by atoms with Crippen molar-refractivity contribution in [3.05, 3.63) is 29.8 Å². The van der Waals surface area contributed by atoms with Gasteiger partial charge in [-0.3, -0.25) is 9.10 Å². The quantitative estimate of drug-likeness (QED) is 0.778. The maximum atomic E-state index is 12.3. The Morgan fingerprint density at radius 1 is 1.19 bits per heavy atom. The number of sulfonamides is 1. The molecule has 0 saturated heterocycles. The zero-order chi connectivity index (χ0) is 20.2. The van der Waals surface area contributed by atoms with Crippen LogP contribution in [-0.4, -0.2) is 32.8 Å². The summed E-state index contributed by atoms with van der Waals surface area (Å²) in [5.74, 6) is 0.223. The Hall–Kier alpha value is -1.89. The van der Waals surface area contributed by atoms with E-state index < -0.39 is 15.9 Å². The molecule has 2 rings (SSSR count). The first-order valence-electron chi connectivity index (χ1n) is 9.35. The molecule has 1 fully saturated rings. The molecule has 0 atom stereocenters. The first-order chi connectivity index (χ1) is 12.5. The predicted molar refractivity (Wildman–Crippen MR) is 110 cm³/mol. The van der Waals surface area contributed by atoms with Crippen LogP contribution in [0.3, 0.4) is 0 Å². The van der Waals surface area contributed by atoms with Crippen LogP contribution in [0.4, 0.5) is 5.69 Å². The van der Waals surface area contributed by atoms with Gasteiger partial charge in [0.05, 0.1) is 11.9 Å². The number of nitrogens with one attached hydrogen (secondary N) is 1. The topological polar surface area (TPSA) is 78.8 Å². The minimum Gasteiger partial charge on any atom is -0.271 e. The van der Waals surface area contributed by atoms with Crippen LogP contribution in [0, 0.1) is 18.3 Å². The van der Waals surface area contributed by atoms with Crippen LogP contribution in [0.1, 0.15) is 52.0 Å². The van der Waals surface area contributed by atoms with Gasteiger partial charge < -0.3 is 0 Å². The maximum Gasteiger partial charge on any atom is 0.260 e. The summed E-state index contributed by atoms with van der Waals surface area (Å²) in [6, 6.07) is 7.03. The van der Waals surface area contributed by atoms with E-state index in [0.717, 1.165) is 47.5 Å². The highest BCUT2D eigenvalue weighted by Crippen LogP contribution is 2.36. The zero-order valence-corrected chi connectivity index (χ0v) is 17.8. The molecule has 7 heteroatoms. The highest BCUT2D eigenvalue weighted by molar-refractivity contribution is 7.92. The molecule has 0 heterocycles. The van der Waals surface area contributed by atoms with Gasteiger partial charge in [-0.05, 0) is 56.1 Å². The summed E-state index contributed by atoms with van der Waals surface area (Å²) in [5, 5.41) is 4.24. The zero-order valence-electron chi connectivity index (χ0n) is 16.9. The summed E-state index contributed by atoms with van der Waals surface area (Å²) in [6.45, 7) is 8.40. The van der Waals surface area contributed by atoms with Gasteiger partial charge in [0.2, 0.25) is 10.0 Å². The highest BCUT2D eigenvalue weighted by Gasteiger charge is 2.28. The van der Waals surface area contributed by atoms with E-state index in [-0.39, 0.29) is 6.54 Å². The first kappa shape index (κ1) is 21.4. The maximum absolute atomic E-state index is 12.3. The van der Waals surface area contributed by atoms with Crippen LogP contribution in [0.25, 0.3) is 0 Å². The Labute approximate surface area is 163 Å². The van der Waals surface area contributed by atoms with Gasteiger partial charge >= 0.3 is 0 Å². The molecular formula is C20H31N3O3S. The smallest absolute Gasteiger partial charge is 0.260 e. The molecule has 0 aromatic heterocycles. The number of anilines is 1. The second-order valence-electron chi connectivity index (χ2n) is 8.46. The van der Waals surface area contributed by atoms with E-state index in [1.807, 2.05) is 19.1 Å². The second kappa shape index (κ2) is 8.42. The van der Waals surface area contributed by atoms with E-state index in [4.69, 9.17) is 0 Å². The Morgan fingerprint density at radius 3 is 2.22 bits per heavy atom. The van der Waals surface area contributed by atoms with Gasteiger partial charge in [0, 0.05) is 5.71 Å². The number of hydrogen-bond acceptors (Lipinski definition) is 4. The number of hydrazone groups is 1. The number of carbonyl (C=O) groups is 1. The van der Waals surface area contributed by atoms with E-state index >= 15 is 0 Å². The largest absolute Gasteiger partial charge is 0.271 e. The van der Waals surface area contributed by atoms with Crippen LogP contribution in [0.5, 0.6) is 0 Å². The van der Waals surface area contributed by atoms with E-state index in [1.165, 1.54) is 0 Å². The van der Waals surface area contributed by atoms with Gasteiger partial charge in [0.15, 0.2) is 0 Å². The molecule has 1 aliphatic carbocycles. The van der Waals surface area contributed by atoms with E-state index in [2.05, 4.69) is 31.3 Å². The molecule has 0 bridgehead atoms. The molecule has 1 aromatic rings. The Morgan fingerprint density at radius 2 is 1.74 bits per heavy atom. The predicted octanol–water partition coefficient (Wildman–Crippen LogP) is 3.47. The summed E-state index contributed by atoms with van der Waals surface area (Å²) >= 11 is 0. The van der Waals surface area contributed by atoms with Gasteiger partial charge in [0.25, 0.3) is 5.91 Å². The number of amides is 1. The van der Waals surface area contributed by atoms with Gasteiger partial charge in [-0.25, -0.2) is 13.8 Å². The number of rotatable bonds is 5. The molecule has 0 unspecified atom stereocenters. The van der Waals surface area contributed by atoms with Crippen LogP contribution >= 0.6 is 0 Å². The molecule has 1 aliphatic rings. The molecule has 1 amide bonds. The number of carbonyl (C=O) groups excluding carboxylic acids is 1. The lowest BCUT2D eigenvalue weighted by atomic mass is 9.72. The van der Waals surface area contributed by atoms with E-state index in [1.54, 1.807) is 12.1 Å². The monoisotopic (exact) mass is 393 g/mol. The van der Waals surface area contributed by atoms with Crippen molar-refractivity contribution in [2.45, 2.75) is 53.4 Å². The minimum absolute atomic E-state index is 0.288. The lowest BCUT2D eigenvalue weighted by Gasteiger charge is -2.34. The van der Waals surface area contributed by atoms with Crippen LogP contribution in [-0.2, 0) is 14.8 Å². The highest BCUT2D eigenvalue weighted by atomic mass is 32.2.